The topological polar surface area (TPSA) is 17.1 Å². The quantitative estimate of drug-likeness (QED) is 0.628. The number of carbonyl (C=O) groups excluding carboxylic acids is 1. The predicted octanol–water partition coefficient (Wildman–Crippen LogP) is 2.55. The van der Waals surface area contributed by atoms with Crippen LogP contribution >= 0.6 is 11.8 Å². The molecule has 0 bridgehead atoms. The van der Waals surface area contributed by atoms with Gasteiger partial charge in [0.15, 0.2) is 5.78 Å². The van der Waals surface area contributed by atoms with Crippen molar-refractivity contribution in [3.63, 3.8) is 0 Å². The molecule has 2 rings (SSSR count). The van der Waals surface area contributed by atoms with Crippen LogP contribution in [0.25, 0.3) is 0 Å². The summed E-state index contributed by atoms with van der Waals surface area (Å²) in [5.41, 5.74) is 2.17. The third kappa shape index (κ3) is 1.94. The Morgan fingerprint density at radius 1 is 1.08 bits per heavy atom. The van der Waals surface area contributed by atoms with E-state index in [0.717, 1.165) is 23.5 Å². The number of aryl methyl sites for hydroxylation is 1. The molecule has 13 heavy (non-hydrogen) atoms. The van der Waals surface area contributed by atoms with Crippen molar-refractivity contribution in [2.75, 3.05) is 11.5 Å². The number of thioether (sulfide) groups is 1. The third-order valence-corrected chi connectivity index (χ3v) is 3.29. The summed E-state index contributed by atoms with van der Waals surface area (Å²) in [6, 6.07) is 7.98. The second-order valence-corrected chi connectivity index (χ2v) is 4.42. The van der Waals surface area contributed by atoms with Gasteiger partial charge >= 0.3 is 0 Å². The molecule has 1 nitrogen and oxygen atoms in total. The number of fused-ring (bicyclic) bond motifs is 1. The minimum atomic E-state index is 0.308. The smallest absolute Gasteiger partial charge is 0.163 e. The van der Waals surface area contributed by atoms with E-state index in [1.807, 2.05) is 30.0 Å². The molecule has 1 aliphatic rings. The standard InChI is InChI=1S/C11H12OS/c12-11-6-8-13-7-5-9-3-1-2-4-10(9)11/h1-4H,5-8H2. The molecule has 0 radical (unpaired) electrons. The molecule has 68 valence electrons. The minimum Gasteiger partial charge on any atom is -0.294 e. The number of hydrogen-bond donors (Lipinski definition) is 0. The summed E-state index contributed by atoms with van der Waals surface area (Å²) in [6.45, 7) is 0. The second-order valence-electron chi connectivity index (χ2n) is 3.19. The summed E-state index contributed by atoms with van der Waals surface area (Å²) in [5.74, 6) is 2.43. The van der Waals surface area contributed by atoms with Crippen molar-refractivity contribution in [3.05, 3.63) is 35.4 Å². The van der Waals surface area contributed by atoms with Crippen LogP contribution in [0.4, 0.5) is 0 Å². The van der Waals surface area contributed by atoms with E-state index in [0.29, 0.717) is 12.2 Å². The lowest BCUT2D eigenvalue weighted by molar-refractivity contribution is 0.0988. The zero-order chi connectivity index (χ0) is 9.10. The fourth-order valence-electron chi connectivity index (χ4n) is 1.59. The summed E-state index contributed by atoms with van der Waals surface area (Å²) in [7, 11) is 0. The van der Waals surface area contributed by atoms with E-state index in [-0.39, 0.29) is 0 Å². The van der Waals surface area contributed by atoms with Gasteiger partial charge in [-0.3, -0.25) is 4.79 Å². The van der Waals surface area contributed by atoms with E-state index in [1.54, 1.807) is 0 Å². The maximum absolute atomic E-state index is 11.6. The SMILES string of the molecule is O=C1CCSCCc2ccccc21. The van der Waals surface area contributed by atoms with Gasteiger partial charge in [-0.2, -0.15) is 11.8 Å². The molecule has 0 saturated heterocycles. The molecular weight excluding hydrogens is 180 g/mol. The Morgan fingerprint density at radius 2 is 1.85 bits per heavy atom. The fraction of sp³-hybridized carbons (Fsp3) is 0.364. The van der Waals surface area contributed by atoms with Gasteiger partial charge in [0.05, 0.1) is 0 Å². The van der Waals surface area contributed by atoms with Gasteiger partial charge in [0.1, 0.15) is 0 Å². The summed E-state index contributed by atoms with van der Waals surface area (Å²) in [4.78, 5) is 11.6. The normalized spacial score (nSPS) is 17.4. The van der Waals surface area contributed by atoms with E-state index >= 15 is 0 Å². The maximum atomic E-state index is 11.6. The Balaban J connectivity index is 2.37. The lowest BCUT2D eigenvalue weighted by Crippen LogP contribution is -2.09. The van der Waals surface area contributed by atoms with Crippen LogP contribution in [0, 0.1) is 0 Å². The molecule has 0 spiro atoms. The molecule has 1 aliphatic heterocycles. The van der Waals surface area contributed by atoms with Crippen molar-refractivity contribution in [2.24, 2.45) is 0 Å². The van der Waals surface area contributed by atoms with Crippen LogP contribution in [-0.2, 0) is 6.42 Å². The monoisotopic (exact) mass is 192 g/mol. The van der Waals surface area contributed by atoms with Crippen molar-refractivity contribution in [2.45, 2.75) is 12.8 Å². The van der Waals surface area contributed by atoms with Crippen LogP contribution in [0.5, 0.6) is 0 Å². The average molecular weight is 192 g/mol. The summed E-state index contributed by atoms with van der Waals surface area (Å²) in [6.07, 6.45) is 1.73. The Hall–Kier alpha value is -0.760. The predicted molar refractivity (Wildman–Crippen MR) is 56.4 cm³/mol. The molecule has 0 N–H and O–H groups in total. The van der Waals surface area contributed by atoms with Crippen molar-refractivity contribution in [1.82, 2.24) is 0 Å². The summed E-state index contributed by atoms with van der Waals surface area (Å²) in [5, 5.41) is 0. The van der Waals surface area contributed by atoms with Gasteiger partial charge in [0.2, 0.25) is 0 Å². The molecule has 1 aromatic carbocycles. The first-order valence-electron chi connectivity index (χ1n) is 4.57. The molecule has 0 saturated carbocycles. The Kier molecular flexibility index (Phi) is 2.69. The lowest BCUT2D eigenvalue weighted by Gasteiger charge is -2.11. The highest BCUT2D eigenvalue weighted by Crippen LogP contribution is 2.19. The van der Waals surface area contributed by atoms with E-state index in [4.69, 9.17) is 0 Å². The van der Waals surface area contributed by atoms with Crippen molar-refractivity contribution in [3.8, 4) is 0 Å². The van der Waals surface area contributed by atoms with E-state index in [2.05, 4.69) is 6.07 Å². The van der Waals surface area contributed by atoms with E-state index in [1.165, 1.54) is 5.56 Å². The second kappa shape index (κ2) is 3.97. The van der Waals surface area contributed by atoms with Crippen LogP contribution in [-0.4, -0.2) is 17.3 Å². The zero-order valence-electron chi connectivity index (χ0n) is 7.45. The molecule has 0 amide bonds. The van der Waals surface area contributed by atoms with Crippen LogP contribution in [0.2, 0.25) is 0 Å². The van der Waals surface area contributed by atoms with Gasteiger partial charge < -0.3 is 0 Å². The molecule has 0 fully saturated rings. The van der Waals surface area contributed by atoms with Crippen LogP contribution in [0.3, 0.4) is 0 Å². The molecule has 1 heterocycles. The van der Waals surface area contributed by atoms with E-state index < -0.39 is 0 Å². The number of rotatable bonds is 0. The first kappa shape index (κ1) is 8.82. The summed E-state index contributed by atoms with van der Waals surface area (Å²) >= 11 is 1.88. The molecule has 0 unspecified atom stereocenters. The Morgan fingerprint density at radius 3 is 2.77 bits per heavy atom. The van der Waals surface area contributed by atoms with Crippen LogP contribution in [0.1, 0.15) is 22.3 Å². The molecular formula is C11H12OS. The Bertz CT molecular complexity index is 320. The molecule has 1 aromatic rings. The van der Waals surface area contributed by atoms with Gasteiger partial charge in [0, 0.05) is 17.7 Å². The molecule has 0 atom stereocenters. The molecule has 0 aromatic heterocycles. The van der Waals surface area contributed by atoms with Crippen molar-refractivity contribution < 1.29 is 4.79 Å². The van der Waals surface area contributed by atoms with E-state index in [9.17, 15) is 4.79 Å². The first-order chi connectivity index (χ1) is 6.38. The Labute approximate surface area is 82.5 Å². The van der Waals surface area contributed by atoms with Gasteiger partial charge in [-0.25, -0.2) is 0 Å². The highest BCUT2D eigenvalue weighted by molar-refractivity contribution is 7.99. The average Bonchev–Trinajstić information content (AvgIpc) is 2.14. The van der Waals surface area contributed by atoms with Gasteiger partial charge in [-0.15, -0.1) is 0 Å². The highest BCUT2D eigenvalue weighted by atomic mass is 32.2. The molecule has 0 aliphatic carbocycles. The van der Waals surface area contributed by atoms with Crippen molar-refractivity contribution in [1.29, 1.82) is 0 Å². The van der Waals surface area contributed by atoms with Crippen LogP contribution < -0.4 is 0 Å². The number of ketones is 1. The summed E-state index contributed by atoms with van der Waals surface area (Å²) < 4.78 is 0. The number of benzene rings is 1. The van der Waals surface area contributed by atoms with Gasteiger partial charge in [-0.1, -0.05) is 24.3 Å². The minimum absolute atomic E-state index is 0.308. The zero-order valence-corrected chi connectivity index (χ0v) is 8.27. The maximum Gasteiger partial charge on any atom is 0.163 e. The number of Topliss-reactive ketones (excluding diaryl/α,β-unsaturated/α-hetero) is 1. The number of carbonyl (C=O) groups is 1. The number of hydrogen-bond acceptors (Lipinski definition) is 2. The van der Waals surface area contributed by atoms with Gasteiger partial charge in [0.25, 0.3) is 0 Å². The van der Waals surface area contributed by atoms with Crippen molar-refractivity contribution >= 4 is 17.5 Å². The fourth-order valence-corrected chi connectivity index (χ4v) is 2.49. The van der Waals surface area contributed by atoms with Crippen LogP contribution in [0.15, 0.2) is 24.3 Å². The highest BCUT2D eigenvalue weighted by Gasteiger charge is 2.12. The first-order valence-corrected chi connectivity index (χ1v) is 5.72. The largest absolute Gasteiger partial charge is 0.294 e. The lowest BCUT2D eigenvalue weighted by atomic mass is 10.0. The third-order valence-electron chi connectivity index (χ3n) is 2.31. The van der Waals surface area contributed by atoms with Gasteiger partial charge in [-0.05, 0) is 17.7 Å². The molecule has 2 heteroatoms.